The van der Waals surface area contributed by atoms with Crippen molar-refractivity contribution in [3.05, 3.63) is 22.7 Å². The third-order valence-corrected chi connectivity index (χ3v) is 2.95. The van der Waals surface area contributed by atoms with Crippen LogP contribution in [-0.4, -0.2) is 49.8 Å². The maximum atomic E-state index is 11.7. The number of aromatic nitrogens is 2. The van der Waals surface area contributed by atoms with Crippen LogP contribution in [0.25, 0.3) is 0 Å². The number of nitrogens with zero attached hydrogens (tertiary/aromatic N) is 3. The first-order chi connectivity index (χ1) is 9.08. The normalized spacial score (nSPS) is 30.0. The molecule has 19 heavy (non-hydrogen) atoms. The first-order valence-corrected chi connectivity index (χ1v) is 5.85. The van der Waals surface area contributed by atoms with E-state index in [1.165, 1.54) is 12.3 Å². The van der Waals surface area contributed by atoms with Gasteiger partial charge in [0.05, 0.1) is 11.8 Å². The molecule has 102 valence electrons. The largest absolute Gasteiger partial charge is 0.394 e. The maximum Gasteiger partial charge on any atom is 0.351 e. The molecule has 1 aliphatic rings. The number of ether oxygens (including phenoxy) is 1. The predicted molar refractivity (Wildman–Crippen MR) is 68.7 cm³/mol. The van der Waals surface area contributed by atoms with Crippen molar-refractivity contribution in [1.29, 1.82) is 0 Å². The van der Waals surface area contributed by atoms with Gasteiger partial charge in [-0.15, -0.1) is 0 Å². The standard InChI is InChI=1S/C10H12N4O4S/c11-6-1-2-14(10(17)13-6)9-8(16)7(12-4-19)5(3-15)18-9/h1-2,5,7-9,15-16H,3H2,(H2,11,13,17)/t5-,7-,8+,9-/m1/s1. The van der Waals surface area contributed by atoms with Gasteiger partial charge in [-0.1, -0.05) is 0 Å². The molecule has 4 N–H and O–H groups in total. The van der Waals surface area contributed by atoms with E-state index in [0.29, 0.717) is 0 Å². The Bertz CT molecular complexity index is 571. The van der Waals surface area contributed by atoms with Crippen LogP contribution in [0.1, 0.15) is 6.23 Å². The molecular weight excluding hydrogens is 272 g/mol. The Morgan fingerprint density at radius 2 is 2.42 bits per heavy atom. The van der Waals surface area contributed by atoms with Crippen LogP contribution in [0.4, 0.5) is 5.82 Å². The topological polar surface area (TPSA) is 123 Å². The van der Waals surface area contributed by atoms with Gasteiger partial charge in [0.2, 0.25) is 0 Å². The average molecular weight is 284 g/mol. The van der Waals surface area contributed by atoms with Gasteiger partial charge in [0.25, 0.3) is 0 Å². The molecule has 9 heteroatoms. The van der Waals surface area contributed by atoms with Crippen LogP contribution in [0.15, 0.2) is 22.1 Å². The van der Waals surface area contributed by atoms with Crippen molar-refractivity contribution in [2.75, 3.05) is 12.3 Å². The van der Waals surface area contributed by atoms with E-state index in [1.807, 2.05) is 0 Å². The molecule has 0 unspecified atom stereocenters. The van der Waals surface area contributed by atoms with Gasteiger partial charge in [0, 0.05) is 6.20 Å². The fraction of sp³-hybridized carbons (Fsp3) is 0.500. The van der Waals surface area contributed by atoms with Crippen LogP contribution < -0.4 is 11.4 Å². The van der Waals surface area contributed by atoms with Crippen LogP contribution in [0.3, 0.4) is 0 Å². The second-order valence-corrected chi connectivity index (χ2v) is 4.17. The van der Waals surface area contributed by atoms with Crippen LogP contribution in [-0.2, 0) is 4.74 Å². The number of nitrogen functional groups attached to an aromatic ring is 1. The molecular formula is C10H12N4O4S. The van der Waals surface area contributed by atoms with Crippen molar-refractivity contribution in [1.82, 2.24) is 9.55 Å². The molecule has 0 aromatic carbocycles. The number of nitrogens with two attached hydrogens (primary N) is 1. The van der Waals surface area contributed by atoms with Crippen LogP contribution >= 0.6 is 12.2 Å². The van der Waals surface area contributed by atoms with Crippen LogP contribution in [0, 0.1) is 0 Å². The van der Waals surface area contributed by atoms with E-state index in [4.69, 9.17) is 10.5 Å². The second-order valence-electron chi connectivity index (χ2n) is 3.99. The summed E-state index contributed by atoms with van der Waals surface area (Å²) in [5, 5.41) is 21.4. The fourth-order valence-electron chi connectivity index (χ4n) is 1.95. The predicted octanol–water partition coefficient (Wildman–Crippen LogP) is -1.45. The SMILES string of the molecule is Nc1ccn([C@@H]2O[C@H](CO)[C@@H](N=C=S)[C@@H]2O)c(=O)n1. The van der Waals surface area contributed by atoms with Gasteiger partial charge in [0.15, 0.2) is 6.23 Å². The van der Waals surface area contributed by atoms with Gasteiger partial charge in [0.1, 0.15) is 24.1 Å². The zero-order chi connectivity index (χ0) is 14.0. The summed E-state index contributed by atoms with van der Waals surface area (Å²) in [6, 6.07) is 0.623. The lowest BCUT2D eigenvalue weighted by atomic mass is 10.1. The highest BCUT2D eigenvalue weighted by Gasteiger charge is 2.44. The van der Waals surface area contributed by atoms with Crippen molar-refractivity contribution < 1.29 is 14.9 Å². The molecule has 0 radical (unpaired) electrons. The highest BCUT2D eigenvalue weighted by Crippen LogP contribution is 2.30. The number of aliphatic imine (C=N–C) groups is 1. The number of isothiocyanates is 1. The Morgan fingerprint density at radius 3 is 3.00 bits per heavy atom. The Labute approximate surface area is 113 Å². The molecule has 1 aromatic heterocycles. The minimum atomic E-state index is -1.14. The first-order valence-electron chi connectivity index (χ1n) is 5.44. The number of aliphatic hydroxyl groups excluding tert-OH is 2. The first kappa shape index (κ1) is 13.8. The molecule has 2 heterocycles. The van der Waals surface area contributed by atoms with Gasteiger partial charge in [-0.25, -0.2) is 9.79 Å². The van der Waals surface area contributed by atoms with Crippen molar-refractivity contribution in [2.45, 2.75) is 24.5 Å². The number of rotatable bonds is 3. The van der Waals surface area contributed by atoms with Gasteiger partial charge < -0.3 is 20.7 Å². The number of hydrogen-bond donors (Lipinski definition) is 3. The van der Waals surface area contributed by atoms with Crippen molar-refractivity contribution >= 4 is 23.2 Å². The Morgan fingerprint density at radius 1 is 1.68 bits per heavy atom. The molecule has 0 bridgehead atoms. The van der Waals surface area contributed by atoms with E-state index in [-0.39, 0.29) is 12.4 Å². The van der Waals surface area contributed by atoms with E-state index >= 15 is 0 Å². The summed E-state index contributed by atoms with van der Waals surface area (Å²) in [6.45, 7) is -0.365. The lowest BCUT2D eigenvalue weighted by Crippen LogP contribution is -2.35. The van der Waals surface area contributed by atoms with Crippen molar-refractivity contribution in [2.24, 2.45) is 4.99 Å². The van der Waals surface area contributed by atoms with Crippen molar-refractivity contribution in [3.63, 3.8) is 0 Å². The lowest BCUT2D eigenvalue weighted by Gasteiger charge is -2.16. The smallest absolute Gasteiger partial charge is 0.351 e. The molecule has 1 aliphatic heterocycles. The number of thiocarbonyl (C=S) groups is 1. The zero-order valence-electron chi connectivity index (χ0n) is 9.71. The molecule has 0 saturated carbocycles. The molecule has 1 aromatic rings. The van der Waals surface area contributed by atoms with Gasteiger partial charge in [-0.2, -0.15) is 4.98 Å². The van der Waals surface area contributed by atoms with E-state index in [1.54, 1.807) is 0 Å². The zero-order valence-corrected chi connectivity index (χ0v) is 10.5. The van der Waals surface area contributed by atoms with Crippen LogP contribution in [0.2, 0.25) is 0 Å². The lowest BCUT2D eigenvalue weighted by molar-refractivity contribution is -0.0530. The summed E-state index contributed by atoms with van der Waals surface area (Å²) < 4.78 is 6.48. The Kier molecular flexibility index (Phi) is 4.03. The maximum absolute atomic E-state index is 11.7. The fourth-order valence-corrected chi connectivity index (χ4v) is 2.07. The molecule has 8 nitrogen and oxygen atoms in total. The van der Waals surface area contributed by atoms with E-state index in [2.05, 4.69) is 27.4 Å². The summed E-state index contributed by atoms with van der Waals surface area (Å²) >= 11 is 4.48. The summed E-state index contributed by atoms with van der Waals surface area (Å²) in [6.07, 6.45) is -1.55. The van der Waals surface area contributed by atoms with E-state index in [0.717, 1.165) is 4.57 Å². The highest BCUT2D eigenvalue weighted by atomic mass is 32.1. The molecule has 1 fully saturated rings. The summed E-state index contributed by atoms with van der Waals surface area (Å²) in [7, 11) is 0. The third-order valence-electron chi connectivity index (χ3n) is 2.84. The minimum Gasteiger partial charge on any atom is -0.394 e. The van der Waals surface area contributed by atoms with E-state index in [9.17, 15) is 15.0 Å². The highest BCUT2D eigenvalue weighted by molar-refractivity contribution is 7.78. The molecule has 4 atom stereocenters. The van der Waals surface area contributed by atoms with Crippen LogP contribution in [0.5, 0.6) is 0 Å². The molecule has 1 saturated heterocycles. The van der Waals surface area contributed by atoms with Gasteiger partial charge >= 0.3 is 5.69 Å². The van der Waals surface area contributed by atoms with Gasteiger partial charge in [-0.3, -0.25) is 4.57 Å². The van der Waals surface area contributed by atoms with E-state index < -0.39 is 30.2 Å². The quantitative estimate of drug-likeness (QED) is 0.458. The summed E-state index contributed by atoms with van der Waals surface area (Å²) in [5.41, 5.74) is 4.72. The number of anilines is 1. The van der Waals surface area contributed by atoms with Crippen molar-refractivity contribution in [3.8, 4) is 0 Å². The minimum absolute atomic E-state index is 0.0703. The molecule has 2 rings (SSSR count). The second kappa shape index (κ2) is 5.55. The number of aliphatic hydroxyl groups is 2. The van der Waals surface area contributed by atoms with Gasteiger partial charge in [-0.05, 0) is 18.3 Å². The Hall–Kier alpha value is -1.64. The summed E-state index contributed by atoms with van der Waals surface area (Å²) in [5.74, 6) is 0.0703. The Balaban J connectivity index is 2.36. The monoisotopic (exact) mass is 284 g/mol. The summed E-state index contributed by atoms with van der Waals surface area (Å²) in [4.78, 5) is 19.0. The molecule has 0 spiro atoms. The molecule has 0 amide bonds. The average Bonchev–Trinajstić information content (AvgIpc) is 2.68. The third kappa shape index (κ3) is 2.55. The molecule has 0 aliphatic carbocycles. The number of hydrogen-bond acceptors (Lipinski definition) is 8.